The van der Waals surface area contributed by atoms with Crippen molar-refractivity contribution < 1.29 is 32.9 Å². The van der Waals surface area contributed by atoms with Crippen LogP contribution in [0.3, 0.4) is 0 Å². The maximum Gasteiger partial charge on any atom is 0.322 e. The second-order valence-electron chi connectivity index (χ2n) is 7.92. The molecule has 1 N–H and O–H groups in total. The lowest BCUT2D eigenvalue weighted by Crippen LogP contribution is -2.37. The summed E-state index contributed by atoms with van der Waals surface area (Å²) in [6, 6.07) is 7.01. The first-order chi connectivity index (χ1) is 16.3. The Balaban J connectivity index is 1.57. The fraction of sp³-hybridized carbons (Fsp3) is 0.261. The van der Waals surface area contributed by atoms with Gasteiger partial charge in [0, 0.05) is 6.07 Å². The molecule has 0 saturated carbocycles. The Hall–Kier alpha value is -3.99. The number of nitrogens with one attached hydrogen (secondary N) is 1. The van der Waals surface area contributed by atoms with E-state index in [0.29, 0.717) is 11.5 Å². The molecular weight excluding hydrogens is 458 g/mol. The van der Waals surface area contributed by atoms with Crippen LogP contribution >= 0.6 is 0 Å². The average Bonchev–Trinajstić information content (AvgIpc) is 3.42. The van der Waals surface area contributed by atoms with E-state index in [2.05, 4.69) is 40.2 Å². The number of carbonyl (C=O) groups excluding carboxylic acids is 1. The number of furan rings is 1. The summed E-state index contributed by atoms with van der Waals surface area (Å²) in [5.74, 6) is 0.803. The molecular formula is C23H25N3O7Si. The first-order valence-electron chi connectivity index (χ1n) is 10.3. The van der Waals surface area contributed by atoms with Gasteiger partial charge in [0.1, 0.15) is 8.07 Å². The van der Waals surface area contributed by atoms with Crippen molar-refractivity contribution in [1.82, 2.24) is 9.97 Å². The highest BCUT2D eigenvalue weighted by atomic mass is 28.3. The van der Waals surface area contributed by atoms with Crippen LogP contribution < -0.4 is 34.2 Å². The van der Waals surface area contributed by atoms with Crippen molar-refractivity contribution >= 4 is 30.9 Å². The van der Waals surface area contributed by atoms with Crippen molar-refractivity contribution in [3.8, 4) is 35.2 Å². The van der Waals surface area contributed by atoms with E-state index in [1.54, 1.807) is 13.2 Å². The number of anilines is 1. The van der Waals surface area contributed by atoms with E-state index in [0.717, 1.165) is 5.56 Å². The van der Waals surface area contributed by atoms with Gasteiger partial charge >= 0.3 is 6.01 Å². The van der Waals surface area contributed by atoms with Crippen LogP contribution in [0, 0.1) is 0 Å². The normalized spacial score (nSPS) is 13.2. The van der Waals surface area contributed by atoms with Gasteiger partial charge in [-0.3, -0.25) is 4.79 Å². The predicted octanol–water partition coefficient (Wildman–Crippen LogP) is 3.63. The Kier molecular flexibility index (Phi) is 6.20. The lowest BCUT2D eigenvalue weighted by Gasteiger charge is -2.18. The summed E-state index contributed by atoms with van der Waals surface area (Å²) in [5, 5.41) is 3.89. The highest BCUT2D eigenvalue weighted by molar-refractivity contribution is 6.96. The largest absolute Gasteiger partial charge is 0.493 e. The van der Waals surface area contributed by atoms with Crippen molar-refractivity contribution in [2.75, 3.05) is 33.8 Å². The molecule has 1 aliphatic rings. The van der Waals surface area contributed by atoms with E-state index in [-0.39, 0.29) is 35.2 Å². The Bertz CT molecular complexity index is 1240. The summed E-state index contributed by atoms with van der Waals surface area (Å²) in [6.45, 7) is 4.51. The molecule has 11 heteroatoms. The molecule has 3 aromatic rings. The molecule has 34 heavy (non-hydrogen) atoms. The zero-order valence-electron chi connectivity index (χ0n) is 19.7. The first-order valence-corrected chi connectivity index (χ1v) is 13.4. The van der Waals surface area contributed by atoms with Gasteiger partial charge in [-0.05, 0) is 28.9 Å². The highest BCUT2D eigenvalue weighted by Gasteiger charge is 2.29. The summed E-state index contributed by atoms with van der Waals surface area (Å²) >= 11 is 0. The van der Waals surface area contributed by atoms with Gasteiger partial charge in [0.15, 0.2) is 22.9 Å². The predicted molar refractivity (Wildman–Crippen MR) is 128 cm³/mol. The Labute approximate surface area is 197 Å². The van der Waals surface area contributed by atoms with Crippen molar-refractivity contribution in [2.45, 2.75) is 13.1 Å². The summed E-state index contributed by atoms with van der Waals surface area (Å²) in [7, 11) is 4.11. The maximum absolute atomic E-state index is 12.8. The first kappa shape index (κ1) is 23.2. The van der Waals surface area contributed by atoms with Crippen molar-refractivity contribution in [2.24, 2.45) is 0 Å². The van der Waals surface area contributed by atoms with E-state index in [4.69, 9.17) is 28.1 Å². The molecule has 178 valence electrons. The molecule has 0 unspecified atom stereocenters. The fourth-order valence-electron chi connectivity index (χ4n) is 3.57. The Morgan fingerprint density at radius 3 is 2.26 bits per heavy atom. The van der Waals surface area contributed by atoms with Gasteiger partial charge in [0.2, 0.25) is 11.8 Å². The number of hydrogen-bond donors (Lipinski definition) is 1. The molecule has 1 aliphatic heterocycles. The van der Waals surface area contributed by atoms with E-state index in [9.17, 15) is 4.79 Å². The van der Waals surface area contributed by atoms with Crippen LogP contribution in [0.15, 0.2) is 34.4 Å². The summed E-state index contributed by atoms with van der Waals surface area (Å²) in [5.41, 5.74) is 3.53. The van der Waals surface area contributed by atoms with Gasteiger partial charge in [-0.1, -0.05) is 24.9 Å². The number of fused-ring (bicyclic) bond motifs is 1. The molecule has 0 aliphatic carbocycles. The Morgan fingerprint density at radius 1 is 0.941 bits per heavy atom. The summed E-state index contributed by atoms with van der Waals surface area (Å²) < 4.78 is 32.6. The van der Waals surface area contributed by atoms with Gasteiger partial charge in [-0.2, -0.15) is 9.97 Å². The van der Waals surface area contributed by atoms with Crippen LogP contribution in [0.1, 0.15) is 16.1 Å². The smallest absolute Gasteiger partial charge is 0.322 e. The number of benzene rings is 1. The fourth-order valence-corrected chi connectivity index (χ4v) is 5.75. The van der Waals surface area contributed by atoms with E-state index < -0.39 is 14.0 Å². The number of hydrogen-bond acceptors (Lipinski definition) is 9. The van der Waals surface area contributed by atoms with Crippen molar-refractivity contribution in [1.29, 1.82) is 0 Å². The number of methoxy groups -OCH3 is 4. The molecule has 0 radical (unpaired) electrons. The van der Waals surface area contributed by atoms with Crippen LogP contribution in [0.25, 0.3) is 6.08 Å². The minimum Gasteiger partial charge on any atom is -0.493 e. The van der Waals surface area contributed by atoms with Crippen LogP contribution in [0.4, 0.5) is 5.69 Å². The van der Waals surface area contributed by atoms with Gasteiger partial charge in [-0.25, -0.2) is 0 Å². The summed E-state index contributed by atoms with van der Waals surface area (Å²) in [6.07, 6.45) is 2.12. The molecule has 3 heterocycles. The lowest BCUT2D eigenvalue weighted by atomic mass is 10.2. The minimum atomic E-state index is -1.68. The van der Waals surface area contributed by atoms with E-state index in [1.807, 2.05) is 12.1 Å². The van der Waals surface area contributed by atoms with Crippen molar-refractivity contribution in [3.63, 3.8) is 0 Å². The SMILES string of the molecule is COc1nc(OC)c(NC(=O)c2ccc(Oc3cc4c(cc3OC)C=C[Si]4(C)C)o2)c(OC)n1. The molecule has 1 aromatic carbocycles. The quantitative estimate of drug-likeness (QED) is 0.480. The summed E-state index contributed by atoms with van der Waals surface area (Å²) in [4.78, 5) is 21.0. The molecule has 4 rings (SSSR count). The van der Waals surface area contributed by atoms with Gasteiger partial charge < -0.3 is 33.4 Å². The molecule has 0 fully saturated rings. The van der Waals surface area contributed by atoms with Crippen LogP contribution in [-0.2, 0) is 0 Å². The number of aromatic nitrogens is 2. The second kappa shape index (κ2) is 9.10. The third kappa shape index (κ3) is 4.29. The van der Waals surface area contributed by atoms with E-state index >= 15 is 0 Å². The molecule has 0 saturated heterocycles. The van der Waals surface area contributed by atoms with Gasteiger partial charge in [-0.15, -0.1) is 0 Å². The monoisotopic (exact) mass is 483 g/mol. The van der Waals surface area contributed by atoms with Crippen LogP contribution in [0.5, 0.6) is 35.2 Å². The molecule has 0 bridgehead atoms. The van der Waals surface area contributed by atoms with Gasteiger partial charge in [0.05, 0.1) is 28.4 Å². The minimum absolute atomic E-state index is 0.00595. The zero-order valence-corrected chi connectivity index (χ0v) is 20.7. The number of carbonyl (C=O) groups is 1. The second-order valence-corrected chi connectivity index (χ2v) is 12.2. The molecule has 0 atom stereocenters. The van der Waals surface area contributed by atoms with Crippen LogP contribution in [0.2, 0.25) is 13.1 Å². The third-order valence-electron chi connectivity index (χ3n) is 5.36. The molecule has 1 amide bonds. The van der Waals surface area contributed by atoms with Crippen molar-refractivity contribution in [3.05, 3.63) is 41.3 Å². The molecule has 0 spiro atoms. The van der Waals surface area contributed by atoms with Crippen LogP contribution in [-0.4, -0.2) is 52.4 Å². The van der Waals surface area contributed by atoms with Gasteiger partial charge in [0.25, 0.3) is 11.9 Å². The highest BCUT2D eigenvalue weighted by Crippen LogP contribution is 2.36. The Morgan fingerprint density at radius 2 is 1.65 bits per heavy atom. The topological polar surface area (TPSA) is 114 Å². The average molecular weight is 484 g/mol. The number of amides is 1. The van der Waals surface area contributed by atoms with E-state index in [1.165, 1.54) is 32.6 Å². The number of ether oxygens (including phenoxy) is 5. The molecule has 10 nitrogen and oxygen atoms in total. The molecule has 2 aromatic heterocycles. The standard InChI is InChI=1S/C23H25N3O7Si/c1-28-15-11-13-9-10-34(5,6)17(13)12-16(15)33-18-8-7-14(32-18)20(27)24-19-21(29-2)25-23(31-4)26-22(19)30-3/h7-12H,1-6H3,(H,24,27). The number of rotatable bonds is 8. The lowest BCUT2D eigenvalue weighted by molar-refractivity contribution is 0.0990. The third-order valence-corrected chi connectivity index (χ3v) is 8.18. The maximum atomic E-state index is 12.8. The zero-order chi connectivity index (χ0) is 24.5. The number of nitrogens with zero attached hydrogens (tertiary/aromatic N) is 2.